The molecule has 0 atom stereocenters. The summed E-state index contributed by atoms with van der Waals surface area (Å²) in [5.41, 5.74) is 1.63. The molecule has 0 unspecified atom stereocenters. The number of hydrogen-bond donors (Lipinski definition) is 2. The number of nitrogens with zero attached hydrogens (tertiary/aromatic N) is 1. The summed E-state index contributed by atoms with van der Waals surface area (Å²) in [5, 5.41) is 8.00. The van der Waals surface area contributed by atoms with Crippen molar-refractivity contribution in [2.24, 2.45) is 5.92 Å². The summed E-state index contributed by atoms with van der Waals surface area (Å²) in [6.07, 6.45) is 1.51. The van der Waals surface area contributed by atoms with Crippen molar-refractivity contribution in [1.82, 2.24) is 10.3 Å². The Bertz CT molecular complexity index is 668. The molecule has 0 aliphatic carbocycles. The molecule has 0 spiro atoms. The van der Waals surface area contributed by atoms with Gasteiger partial charge >= 0.3 is 0 Å². The molecule has 0 bridgehead atoms. The number of thiazole rings is 1. The van der Waals surface area contributed by atoms with Gasteiger partial charge in [-0.3, -0.25) is 9.59 Å². The quantitative estimate of drug-likeness (QED) is 0.772. The van der Waals surface area contributed by atoms with Crippen molar-refractivity contribution in [2.45, 2.75) is 33.1 Å². The van der Waals surface area contributed by atoms with E-state index in [0.717, 1.165) is 12.0 Å². The van der Waals surface area contributed by atoms with Crippen LogP contribution in [0.4, 0.5) is 5.13 Å². The van der Waals surface area contributed by atoms with Crippen LogP contribution < -0.4 is 10.6 Å². The van der Waals surface area contributed by atoms with Gasteiger partial charge in [0.25, 0.3) is 0 Å². The van der Waals surface area contributed by atoms with Gasteiger partial charge < -0.3 is 10.6 Å². The van der Waals surface area contributed by atoms with Gasteiger partial charge in [0.2, 0.25) is 11.8 Å². The summed E-state index contributed by atoms with van der Waals surface area (Å²) in [4.78, 5) is 28.1. The minimum absolute atomic E-state index is 0.0388. The van der Waals surface area contributed by atoms with Gasteiger partial charge in [-0.15, -0.1) is 11.3 Å². The molecule has 2 rings (SSSR count). The number of carbonyl (C=O) groups excluding carboxylic acids is 2. The van der Waals surface area contributed by atoms with Crippen molar-refractivity contribution in [3.8, 4) is 0 Å². The predicted octanol–water partition coefficient (Wildman–Crippen LogP) is 3.03. The molecule has 0 aliphatic rings. The van der Waals surface area contributed by atoms with Crippen LogP contribution in [0.1, 0.15) is 31.5 Å². The van der Waals surface area contributed by atoms with Crippen molar-refractivity contribution >= 4 is 28.3 Å². The number of anilines is 1. The summed E-state index contributed by atoms with van der Waals surface area (Å²) < 4.78 is 0. The molecule has 6 heteroatoms. The van der Waals surface area contributed by atoms with E-state index in [4.69, 9.17) is 0 Å². The summed E-state index contributed by atoms with van der Waals surface area (Å²) in [6.45, 7) is 4.93. The average Bonchev–Trinajstić information content (AvgIpc) is 2.94. The van der Waals surface area contributed by atoms with Gasteiger partial charge in [0, 0.05) is 11.9 Å². The Morgan fingerprint density at radius 2 is 1.88 bits per heavy atom. The lowest BCUT2D eigenvalue weighted by Gasteiger charge is -2.06. The van der Waals surface area contributed by atoms with Crippen molar-refractivity contribution in [3.05, 3.63) is 47.0 Å². The molecule has 24 heavy (non-hydrogen) atoms. The summed E-state index contributed by atoms with van der Waals surface area (Å²) in [5.74, 6) is 0.419. The minimum Gasteiger partial charge on any atom is -0.356 e. The first-order valence-electron chi connectivity index (χ1n) is 8.08. The average molecular weight is 345 g/mol. The first-order chi connectivity index (χ1) is 11.5. The van der Waals surface area contributed by atoms with Crippen molar-refractivity contribution in [2.75, 3.05) is 11.9 Å². The standard InChI is InChI=1S/C18H23N3O2S/c1-13(2)8-9-19-16(22)11-15-12-24-18(20-15)21-17(23)10-14-6-4-3-5-7-14/h3-7,12-13H,8-11H2,1-2H3,(H,19,22)(H,20,21,23). The molecule has 5 nitrogen and oxygen atoms in total. The van der Waals surface area contributed by atoms with Crippen LogP contribution in [0.3, 0.4) is 0 Å². The molecule has 0 fully saturated rings. The largest absolute Gasteiger partial charge is 0.356 e. The third-order valence-electron chi connectivity index (χ3n) is 3.39. The Hall–Kier alpha value is -2.21. The van der Waals surface area contributed by atoms with E-state index in [1.165, 1.54) is 11.3 Å². The van der Waals surface area contributed by atoms with E-state index >= 15 is 0 Å². The monoisotopic (exact) mass is 345 g/mol. The fraction of sp³-hybridized carbons (Fsp3) is 0.389. The zero-order valence-corrected chi connectivity index (χ0v) is 14.9. The highest BCUT2D eigenvalue weighted by Gasteiger charge is 2.10. The summed E-state index contributed by atoms with van der Waals surface area (Å²) >= 11 is 1.34. The Balaban J connectivity index is 1.78. The second-order valence-corrected chi connectivity index (χ2v) is 6.92. The van der Waals surface area contributed by atoms with Crippen LogP contribution in [0.5, 0.6) is 0 Å². The zero-order chi connectivity index (χ0) is 17.4. The third-order valence-corrected chi connectivity index (χ3v) is 4.20. The van der Waals surface area contributed by atoms with Crippen molar-refractivity contribution in [3.63, 3.8) is 0 Å². The molecule has 0 saturated carbocycles. The lowest BCUT2D eigenvalue weighted by Crippen LogP contribution is -2.27. The van der Waals surface area contributed by atoms with Crippen LogP contribution in [-0.4, -0.2) is 23.3 Å². The van der Waals surface area contributed by atoms with Crippen molar-refractivity contribution < 1.29 is 9.59 Å². The van der Waals surface area contributed by atoms with E-state index in [-0.39, 0.29) is 18.2 Å². The highest BCUT2D eigenvalue weighted by Crippen LogP contribution is 2.16. The van der Waals surface area contributed by atoms with Gasteiger partial charge in [0.1, 0.15) is 0 Å². The molecule has 128 valence electrons. The number of hydrogen-bond acceptors (Lipinski definition) is 4. The predicted molar refractivity (Wildman–Crippen MR) is 97.1 cm³/mol. The Morgan fingerprint density at radius 3 is 2.58 bits per heavy atom. The van der Waals surface area contributed by atoms with E-state index in [9.17, 15) is 9.59 Å². The van der Waals surface area contributed by atoms with Gasteiger partial charge in [-0.2, -0.15) is 0 Å². The van der Waals surface area contributed by atoms with Gasteiger partial charge in [-0.25, -0.2) is 4.98 Å². The molecule has 2 N–H and O–H groups in total. The second-order valence-electron chi connectivity index (χ2n) is 6.06. The van der Waals surface area contributed by atoms with Gasteiger partial charge in [0.15, 0.2) is 5.13 Å². The van der Waals surface area contributed by atoms with Crippen LogP contribution in [0.2, 0.25) is 0 Å². The minimum atomic E-state index is -0.108. The maximum absolute atomic E-state index is 12.0. The maximum Gasteiger partial charge on any atom is 0.230 e. The first-order valence-corrected chi connectivity index (χ1v) is 8.96. The number of nitrogens with one attached hydrogen (secondary N) is 2. The SMILES string of the molecule is CC(C)CCNC(=O)Cc1csc(NC(=O)Cc2ccccc2)n1. The first kappa shape index (κ1) is 18.1. The van der Waals surface area contributed by atoms with Gasteiger partial charge in [-0.05, 0) is 17.9 Å². The topological polar surface area (TPSA) is 71.1 Å². The second kappa shape index (κ2) is 9.17. The smallest absolute Gasteiger partial charge is 0.230 e. The lowest BCUT2D eigenvalue weighted by molar-refractivity contribution is -0.120. The molecule has 1 heterocycles. The maximum atomic E-state index is 12.0. The molecule has 0 saturated heterocycles. The molecule has 1 aromatic carbocycles. The Kier molecular flexibility index (Phi) is 6.93. The van der Waals surface area contributed by atoms with Crippen LogP contribution in [0.25, 0.3) is 0 Å². The van der Waals surface area contributed by atoms with Crippen LogP contribution in [0, 0.1) is 5.92 Å². The highest BCUT2D eigenvalue weighted by atomic mass is 32.1. The van der Waals surface area contributed by atoms with E-state index in [1.807, 2.05) is 30.3 Å². The molecule has 2 aromatic rings. The van der Waals surface area contributed by atoms with E-state index in [1.54, 1.807) is 5.38 Å². The molecular weight excluding hydrogens is 322 g/mol. The summed E-state index contributed by atoms with van der Waals surface area (Å²) in [7, 11) is 0. The van der Waals surface area contributed by atoms with Crippen LogP contribution in [-0.2, 0) is 22.4 Å². The van der Waals surface area contributed by atoms with Crippen LogP contribution >= 0.6 is 11.3 Å². The summed E-state index contributed by atoms with van der Waals surface area (Å²) in [6, 6.07) is 9.55. The fourth-order valence-electron chi connectivity index (χ4n) is 2.12. The van der Waals surface area contributed by atoms with E-state index < -0.39 is 0 Å². The van der Waals surface area contributed by atoms with Crippen LogP contribution in [0.15, 0.2) is 35.7 Å². The normalized spacial score (nSPS) is 10.6. The zero-order valence-electron chi connectivity index (χ0n) is 14.0. The molecule has 0 aliphatic heterocycles. The van der Waals surface area contributed by atoms with E-state index in [0.29, 0.717) is 29.7 Å². The number of aromatic nitrogens is 1. The Labute approximate surface area is 146 Å². The highest BCUT2D eigenvalue weighted by molar-refractivity contribution is 7.13. The molecular formula is C18H23N3O2S. The van der Waals surface area contributed by atoms with Gasteiger partial charge in [0.05, 0.1) is 18.5 Å². The van der Waals surface area contributed by atoms with E-state index in [2.05, 4.69) is 29.5 Å². The third kappa shape index (κ3) is 6.50. The van der Waals surface area contributed by atoms with Gasteiger partial charge in [-0.1, -0.05) is 44.2 Å². The molecule has 2 amide bonds. The lowest BCUT2D eigenvalue weighted by atomic mass is 10.1. The number of amides is 2. The Morgan fingerprint density at radius 1 is 1.12 bits per heavy atom. The number of benzene rings is 1. The molecule has 0 radical (unpaired) electrons. The number of carbonyl (C=O) groups is 2. The number of rotatable bonds is 8. The van der Waals surface area contributed by atoms with Crippen molar-refractivity contribution in [1.29, 1.82) is 0 Å². The molecule has 1 aromatic heterocycles. The fourth-order valence-corrected chi connectivity index (χ4v) is 2.84.